The highest BCUT2D eigenvalue weighted by Gasteiger charge is 2.12. The number of carbonyl (C=O) groups excluding carboxylic acids is 2. The largest absolute Gasteiger partial charge is 0.466 e. The number of ether oxygens (including phenoxy) is 1. The first-order valence-corrected chi connectivity index (χ1v) is 5.99. The van der Waals surface area contributed by atoms with E-state index in [0.29, 0.717) is 5.56 Å². The summed E-state index contributed by atoms with van der Waals surface area (Å²) >= 11 is 0. The molecule has 1 aromatic heterocycles. The predicted octanol–water partition coefficient (Wildman–Crippen LogP) is 2.21. The fourth-order valence-corrected chi connectivity index (χ4v) is 1.68. The molecule has 1 N–H and O–H groups in total. The molecule has 98 valence electrons. The number of H-pyrrole nitrogens is 1. The minimum Gasteiger partial charge on any atom is -0.466 e. The zero-order valence-corrected chi connectivity index (χ0v) is 10.6. The lowest BCUT2D eigenvalue weighted by atomic mass is 10.1. The highest BCUT2D eigenvalue weighted by Crippen LogP contribution is 2.16. The van der Waals surface area contributed by atoms with E-state index in [2.05, 4.69) is 9.97 Å². The van der Waals surface area contributed by atoms with Gasteiger partial charge in [0, 0.05) is 23.5 Å². The average Bonchev–Trinajstić information content (AvgIpc) is 2.93. The molecule has 0 saturated heterocycles. The third-order valence-corrected chi connectivity index (χ3v) is 2.59. The molecule has 0 amide bonds. The summed E-state index contributed by atoms with van der Waals surface area (Å²) in [6, 6.07) is 6.94. The highest BCUT2D eigenvalue weighted by molar-refractivity contribution is 6.06. The summed E-state index contributed by atoms with van der Waals surface area (Å²) in [6.45, 7) is 1.99. The van der Waals surface area contributed by atoms with Crippen molar-refractivity contribution in [2.75, 3.05) is 6.61 Å². The van der Waals surface area contributed by atoms with Crippen molar-refractivity contribution in [2.24, 2.45) is 0 Å². The van der Waals surface area contributed by atoms with Gasteiger partial charge in [-0.2, -0.15) is 0 Å². The molecule has 0 aliphatic carbocycles. The summed E-state index contributed by atoms with van der Waals surface area (Å²) in [6.07, 6.45) is 3.16. The third-order valence-electron chi connectivity index (χ3n) is 2.59. The van der Waals surface area contributed by atoms with E-state index in [4.69, 9.17) is 4.74 Å². The second-order valence-corrected chi connectivity index (χ2v) is 3.92. The Bertz CT molecular complexity index is 559. The van der Waals surface area contributed by atoms with E-state index < -0.39 is 5.97 Å². The van der Waals surface area contributed by atoms with Gasteiger partial charge in [0.2, 0.25) is 0 Å². The first-order chi connectivity index (χ1) is 9.20. The van der Waals surface area contributed by atoms with Crippen LogP contribution in [-0.2, 0) is 9.53 Å². The van der Waals surface area contributed by atoms with Crippen LogP contribution in [0.25, 0.3) is 11.4 Å². The number of ketones is 1. The first-order valence-electron chi connectivity index (χ1n) is 5.99. The van der Waals surface area contributed by atoms with Crippen LogP contribution in [0, 0.1) is 0 Å². The van der Waals surface area contributed by atoms with Crippen LogP contribution < -0.4 is 0 Å². The first kappa shape index (κ1) is 13.0. The zero-order valence-electron chi connectivity index (χ0n) is 10.6. The molecule has 0 atom stereocenters. The summed E-state index contributed by atoms with van der Waals surface area (Å²) in [5, 5.41) is 0. The van der Waals surface area contributed by atoms with Crippen molar-refractivity contribution in [3.05, 3.63) is 42.2 Å². The Morgan fingerprint density at radius 3 is 2.58 bits per heavy atom. The Morgan fingerprint density at radius 2 is 2.00 bits per heavy atom. The number of Topliss-reactive ketones (excluding diaryl/α,β-unsaturated/α-hetero) is 1. The Labute approximate surface area is 110 Å². The van der Waals surface area contributed by atoms with Crippen molar-refractivity contribution < 1.29 is 14.3 Å². The molecule has 0 radical (unpaired) electrons. The summed E-state index contributed by atoms with van der Waals surface area (Å²) in [5.41, 5.74) is 1.38. The average molecular weight is 258 g/mol. The van der Waals surface area contributed by atoms with Crippen molar-refractivity contribution in [3.63, 3.8) is 0 Å². The van der Waals surface area contributed by atoms with Crippen LogP contribution in [0.2, 0.25) is 0 Å². The van der Waals surface area contributed by atoms with Gasteiger partial charge in [0.25, 0.3) is 0 Å². The van der Waals surface area contributed by atoms with Crippen molar-refractivity contribution >= 4 is 11.8 Å². The quantitative estimate of drug-likeness (QED) is 0.507. The van der Waals surface area contributed by atoms with E-state index in [0.717, 1.165) is 11.4 Å². The van der Waals surface area contributed by atoms with E-state index in [9.17, 15) is 9.59 Å². The summed E-state index contributed by atoms with van der Waals surface area (Å²) in [4.78, 5) is 30.1. The second kappa shape index (κ2) is 5.95. The minimum absolute atomic E-state index is 0.228. The van der Waals surface area contributed by atoms with E-state index >= 15 is 0 Å². The van der Waals surface area contributed by atoms with Gasteiger partial charge < -0.3 is 9.72 Å². The van der Waals surface area contributed by atoms with Crippen LogP contribution in [0.5, 0.6) is 0 Å². The van der Waals surface area contributed by atoms with E-state index in [-0.39, 0.29) is 18.8 Å². The third kappa shape index (κ3) is 3.28. The molecular weight excluding hydrogens is 244 g/mol. The Kier molecular flexibility index (Phi) is 4.07. The number of hydrogen-bond donors (Lipinski definition) is 1. The van der Waals surface area contributed by atoms with Gasteiger partial charge in [-0.05, 0) is 6.92 Å². The fourth-order valence-electron chi connectivity index (χ4n) is 1.68. The van der Waals surface area contributed by atoms with E-state index in [1.807, 2.05) is 0 Å². The molecule has 5 heteroatoms. The van der Waals surface area contributed by atoms with Gasteiger partial charge in [0.15, 0.2) is 5.78 Å². The summed E-state index contributed by atoms with van der Waals surface area (Å²) < 4.78 is 4.74. The molecule has 0 fully saturated rings. The number of nitrogens with zero attached hydrogens (tertiary/aromatic N) is 1. The highest BCUT2D eigenvalue weighted by atomic mass is 16.5. The SMILES string of the molecule is CCOC(=O)CC(=O)c1ccc(-c2ncc[nH]2)cc1. The molecule has 0 aliphatic rings. The number of esters is 1. The lowest BCUT2D eigenvalue weighted by Gasteiger charge is -2.02. The Morgan fingerprint density at radius 1 is 1.26 bits per heavy atom. The molecule has 2 rings (SSSR count). The maximum Gasteiger partial charge on any atom is 0.313 e. The molecule has 5 nitrogen and oxygen atoms in total. The maximum atomic E-state index is 11.8. The number of rotatable bonds is 5. The van der Waals surface area contributed by atoms with Crippen molar-refractivity contribution in [3.8, 4) is 11.4 Å². The maximum absolute atomic E-state index is 11.8. The Hall–Kier alpha value is -2.43. The smallest absolute Gasteiger partial charge is 0.313 e. The fraction of sp³-hybridized carbons (Fsp3) is 0.214. The number of aromatic nitrogens is 2. The number of carbonyl (C=O) groups is 2. The van der Waals surface area contributed by atoms with E-state index in [1.165, 1.54) is 0 Å². The standard InChI is InChI=1S/C14H14N2O3/c1-2-19-13(18)9-12(17)10-3-5-11(6-4-10)14-15-7-8-16-14/h3-8H,2,9H2,1H3,(H,15,16). The van der Waals surface area contributed by atoms with Crippen molar-refractivity contribution in [1.29, 1.82) is 0 Å². The molecule has 0 aliphatic heterocycles. The van der Waals surface area contributed by atoms with Gasteiger partial charge in [0.1, 0.15) is 12.2 Å². The van der Waals surface area contributed by atoms with Gasteiger partial charge in [-0.1, -0.05) is 24.3 Å². The number of aromatic amines is 1. The lowest BCUT2D eigenvalue weighted by molar-refractivity contribution is -0.141. The van der Waals surface area contributed by atoms with Gasteiger partial charge >= 0.3 is 5.97 Å². The van der Waals surface area contributed by atoms with Crippen LogP contribution in [0.15, 0.2) is 36.7 Å². The molecular formula is C14H14N2O3. The number of benzene rings is 1. The predicted molar refractivity (Wildman–Crippen MR) is 69.6 cm³/mol. The van der Waals surface area contributed by atoms with Gasteiger partial charge in [0.05, 0.1) is 6.61 Å². The summed E-state index contributed by atoms with van der Waals surface area (Å²) in [5.74, 6) is -0.00329. The van der Waals surface area contributed by atoms with E-state index in [1.54, 1.807) is 43.6 Å². The van der Waals surface area contributed by atoms with Crippen LogP contribution in [0.3, 0.4) is 0 Å². The molecule has 2 aromatic rings. The van der Waals surface area contributed by atoms with Crippen LogP contribution in [-0.4, -0.2) is 28.3 Å². The molecule has 0 saturated carbocycles. The lowest BCUT2D eigenvalue weighted by Crippen LogP contribution is -2.11. The minimum atomic E-state index is -0.498. The molecule has 1 aromatic carbocycles. The summed E-state index contributed by atoms with van der Waals surface area (Å²) in [7, 11) is 0. The van der Waals surface area contributed by atoms with Crippen LogP contribution >= 0.6 is 0 Å². The molecule has 0 spiro atoms. The monoisotopic (exact) mass is 258 g/mol. The number of nitrogens with one attached hydrogen (secondary N) is 1. The van der Waals surface area contributed by atoms with Gasteiger partial charge in [-0.15, -0.1) is 0 Å². The van der Waals surface area contributed by atoms with Gasteiger partial charge in [-0.3, -0.25) is 9.59 Å². The zero-order chi connectivity index (χ0) is 13.7. The second-order valence-electron chi connectivity index (χ2n) is 3.92. The topological polar surface area (TPSA) is 72.1 Å². The number of hydrogen-bond acceptors (Lipinski definition) is 4. The van der Waals surface area contributed by atoms with Crippen LogP contribution in [0.1, 0.15) is 23.7 Å². The normalized spacial score (nSPS) is 10.2. The molecule has 0 bridgehead atoms. The van der Waals surface area contributed by atoms with Gasteiger partial charge in [-0.25, -0.2) is 4.98 Å². The van der Waals surface area contributed by atoms with Crippen molar-refractivity contribution in [1.82, 2.24) is 9.97 Å². The molecule has 19 heavy (non-hydrogen) atoms. The van der Waals surface area contributed by atoms with Crippen LogP contribution in [0.4, 0.5) is 0 Å². The van der Waals surface area contributed by atoms with Crippen molar-refractivity contribution in [2.45, 2.75) is 13.3 Å². The Balaban J connectivity index is 2.06. The number of imidazole rings is 1. The molecule has 0 unspecified atom stereocenters. The molecule has 1 heterocycles.